The minimum Gasteiger partial charge on any atom is -0.390 e. The molecule has 84 valence electrons. The Balaban J connectivity index is 3.06. The number of halogens is 4. The Kier molecular flexibility index (Phi) is 3.75. The molecule has 0 aliphatic rings. The molecule has 1 rings (SSSR count). The molecule has 15 heavy (non-hydrogen) atoms. The van der Waals surface area contributed by atoms with Gasteiger partial charge in [-0.25, -0.2) is 13.2 Å². The van der Waals surface area contributed by atoms with Crippen LogP contribution in [0.25, 0.3) is 0 Å². The van der Waals surface area contributed by atoms with Crippen LogP contribution >= 0.6 is 15.9 Å². The van der Waals surface area contributed by atoms with Gasteiger partial charge in [-0.1, -0.05) is 22.0 Å². The normalized spacial score (nSPS) is 14.0. The van der Waals surface area contributed by atoms with E-state index < -0.39 is 24.4 Å². The molecule has 0 saturated heterocycles. The maximum absolute atomic E-state index is 13.2. The van der Waals surface area contributed by atoms with Gasteiger partial charge in [0.1, 0.15) is 12.4 Å². The molecule has 0 aromatic heterocycles. The fraction of sp³-hybridized carbons (Fsp3) is 0.333. The van der Waals surface area contributed by atoms with Gasteiger partial charge in [0.15, 0.2) is 0 Å². The summed E-state index contributed by atoms with van der Waals surface area (Å²) in [5, 5.41) is 8.41. The first kappa shape index (κ1) is 12.5. The summed E-state index contributed by atoms with van der Waals surface area (Å²) < 4.78 is 39.6. The predicted octanol–water partition coefficient (Wildman–Crippen LogP) is 2.22. The zero-order chi connectivity index (χ0) is 11.6. The Labute approximate surface area is 93.0 Å². The highest BCUT2D eigenvalue weighted by Gasteiger charge is 2.38. The maximum atomic E-state index is 13.2. The highest BCUT2D eigenvalue weighted by molar-refractivity contribution is 9.10. The Morgan fingerprint density at radius 1 is 1.47 bits per heavy atom. The molecular formula is C9H9BrF3NO. The van der Waals surface area contributed by atoms with Crippen LogP contribution in [0.3, 0.4) is 0 Å². The summed E-state index contributed by atoms with van der Waals surface area (Å²) in [7, 11) is 0. The van der Waals surface area contributed by atoms with Gasteiger partial charge in [-0.3, -0.25) is 0 Å². The lowest BCUT2D eigenvalue weighted by atomic mass is 10.0. The van der Waals surface area contributed by atoms with Gasteiger partial charge in [0.25, 0.3) is 5.92 Å². The van der Waals surface area contributed by atoms with E-state index in [0.717, 1.165) is 12.1 Å². The monoisotopic (exact) mass is 283 g/mol. The van der Waals surface area contributed by atoms with E-state index >= 15 is 0 Å². The second kappa shape index (κ2) is 4.51. The van der Waals surface area contributed by atoms with Crippen molar-refractivity contribution in [2.45, 2.75) is 12.0 Å². The van der Waals surface area contributed by atoms with Crippen LogP contribution < -0.4 is 5.73 Å². The first-order valence-corrected chi connectivity index (χ1v) is 4.87. The van der Waals surface area contributed by atoms with Crippen LogP contribution in [0.4, 0.5) is 13.2 Å². The third kappa shape index (κ3) is 2.70. The van der Waals surface area contributed by atoms with Crippen LogP contribution in [0.1, 0.15) is 11.6 Å². The lowest BCUT2D eigenvalue weighted by Crippen LogP contribution is -2.36. The number of hydrogen-bond acceptors (Lipinski definition) is 2. The van der Waals surface area contributed by atoms with E-state index in [1.807, 2.05) is 0 Å². The number of aliphatic hydroxyl groups is 1. The summed E-state index contributed by atoms with van der Waals surface area (Å²) in [6.45, 7) is -1.41. The molecule has 0 heterocycles. The lowest BCUT2D eigenvalue weighted by Gasteiger charge is -2.22. The highest BCUT2D eigenvalue weighted by Crippen LogP contribution is 2.31. The Morgan fingerprint density at radius 2 is 2.07 bits per heavy atom. The molecule has 1 atom stereocenters. The van der Waals surface area contributed by atoms with Crippen molar-refractivity contribution in [3.05, 3.63) is 34.1 Å². The van der Waals surface area contributed by atoms with Crippen molar-refractivity contribution in [1.29, 1.82) is 0 Å². The molecule has 0 spiro atoms. The van der Waals surface area contributed by atoms with Crippen molar-refractivity contribution in [1.82, 2.24) is 0 Å². The van der Waals surface area contributed by atoms with E-state index in [4.69, 9.17) is 10.8 Å². The van der Waals surface area contributed by atoms with Gasteiger partial charge in [0.2, 0.25) is 0 Å². The Hall–Kier alpha value is -0.590. The van der Waals surface area contributed by atoms with E-state index in [9.17, 15) is 13.2 Å². The molecule has 0 aliphatic heterocycles. The first-order valence-electron chi connectivity index (χ1n) is 4.07. The summed E-state index contributed by atoms with van der Waals surface area (Å²) in [4.78, 5) is 0. The van der Waals surface area contributed by atoms with Crippen LogP contribution in [0.15, 0.2) is 22.7 Å². The van der Waals surface area contributed by atoms with Crippen molar-refractivity contribution in [3.63, 3.8) is 0 Å². The van der Waals surface area contributed by atoms with Crippen LogP contribution in [0.5, 0.6) is 0 Å². The zero-order valence-electron chi connectivity index (χ0n) is 7.55. The minimum absolute atomic E-state index is 0.322. The first-order chi connectivity index (χ1) is 6.88. The van der Waals surface area contributed by atoms with Crippen LogP contribution in [0.2, 0.25) is 0 Å². The van der Waals surface area contributed by atoms with E-state index in [1.165, 1.54) is 6.07 Å². The number of nitrogens with two attached hydrogens (primary N) is 1. The van der Waals surface area contributed by atoms with E-state index in [1.54, 1.807) is 0 Å². The number of rotatable bonds is 3. The van der Waals surface area contributed by atoms with Crippen molar-refractivity contribution >= 4 is 15.9 Å². The number of hydrogen-bond donors (Lipinski definition) is 2. The average molecular weight is 284 g/mol. The lowest BCUT2D eigenvalue weighted by molar-refractivity contribution is -0.0718. The molecule has 0 unspecified atom stereocenters. The second-order valence-electron chi connectivity index (χ2n) is 3.06. The average Bonchev–Trinajstić information content (AvgIpc) is 2.17. The van der Waals surface area contributed by atoms with Gasteiger partial charge in [-0.15, -0.1) is 0 Å². The molecule has 0 fully saturated rings. The van der Waals surface area contributed by atoms with E-state index in [2.05, 4.69) is 15.9 Å². The third-order valence-electron chi connectivity index (χ3n) is 1.96. The summed E-state index contributed by atoms with van der Waals surface area (Å²) in [5.74, 6) is -4.36. The van der Waals surface area contributed by atoms with Gasteiger partial charge in [-0.2, -0.15) is 0 Å². The SMILES string of the molecule is N[C@H](c1ccc(Br)cc1F)C(F)(F)CO. The van der Waals surface area contributed by atoms with Crippen molar-refractivity contribution in [2.75, 3.05) is 6.61 Å². The summed E-state index contributed by atoms with van der Waals surface area (Å²) >= 11 is 3.00. The number of benzene rings is 1. The number of aliphatic hydroxyl groups excluding tert-OH is 1. The zero-order valence-corrected chi connectivity index (χ0v) is 9.14. The van der Waals surface area contributed by atoms with Gasteiger partial charge >= 0.3 is 0 Å². The van der Waals surface area contributed by atoms with Crippen LogP contribution in [-0.4, -0.2) is 17.6 Å². The van der Waals surface area contributed by atoms with Crippen molar-refractivity contribution in [3.8, 4) is 0 Å². The fourth-order valence-electron chi connectivity index (χ4n) is 1.08. The standard InChI is InChI=1S/C9H9BrF3NO/c10-5-1-2-6(7(11)3-5)8(14)9(12,13)4-15/h1-3,8,15H,4,14H2/t8-/m1/s1. The molecule has 6 heteroatoms. The Bertz CT molecular complexity index is 359. The van der Waals surface area contributed by atoms with Gasteiger partial charge in [0, 0.05) is 10.0 Å². The molecule has 1 aromatic carbocycles. The van der Waals surface area contributed by atoms with E-state index in [-0.39, 0.29) is 5.56 Å². The molecule has 0 bridgehead atoms. The molecule has 0 saturated carbocycles. The molecule has 0 aliphatic carbocycles. The number of alkyl halides is 2. The third-order valence-corrected chi connectivity index (χ3v) is 2.46. The molecule has 0 amide bonds. The molecule has 1 aromatic rings. The van der Waals surface area contributed by atoms with Crippen molar-refractivity contribution in [2.24, 2.45) is 5.73 Å². The molecule has 0 radical (unpaired) electrons. The quantitative estimate of drug-likeness (QED) is 0.894. The fourth-order valence-corrected chi connectivity index (χ4v) is 1.41. The van der Waals surface area contributed by atoms with Crippen molar-refractivity contribution < 1.29 is 18.3 Å². The highest BCUT2D eigenvalue weighted by atomic mass is 79.9. The molecule has 3 N–H and O–H groups in total. The van der Waals surface area contributed by atoms with Gasteiger partial charge in [0.05, 0.1) is 6.04 Å². The Morgan fingerprint density at radius 3 is 2.53 bits per heavy atom. The molecule has 2 nitrogen and oxygen atoms in total. The van der Waals surface area contributed by atoms with Gasteiger partial charge in [-0.05, 0) is 12.1 Å². The smallest absolute Gasteiger partial charge is 0.289 e. The summed E-state index contributed by atoms with van der Waals surface area (Å²) in [6.07, 6.45) is 0. The van der Waals surface area contributed by atoms with Gasteiger partial charge < -0.3 is 10.8 Å². The van der Waals surface area contributed by atoms with Crippen LogP contribution in [0, 0.1) is 5.82 Å². The minimum atomic E-state index is -3.53. The predicted molar refractivity (Wildman–Crippen MR) is 53.1 cm³/mol. The second-order valence-corrected chi connectivity index (χ2v) is 3.98. The van der Waals surface area contributed by atoms with E-state index in [0.29, 0.717) is 4.47 Å². The topological polar surface area (TPSA) is 46.2 Å². The van der Waals surface area contributed by atoms with Crippen LogP contribution in [-0.2, 0) is 0 Å². The maximum Gasteiger partial charge on any atom is 0.289 e. The summed E-state index contributed by atoms with van der Waals surface area (Å²) in [6, 6.07) is 1.76. The summed E-state index contributed by atoms with van der Waals surface area (Å²) in [5.41, 5.74) is 4.85. The molecular weight excluding hydrogens is 275 g/mol. The largest absolute Gasteiger partial charge is 0.390 e.